The lowest BCUT2D eigenvalue weighted by Crippen LogP contribution is -2.38. The Morgan fingerprint density at radius 2 is 1.09 bits per heavy atom. The van der Waals surface area contributed by atoms with Crippen molar-refractivity contribution in [1.82, 2.24) is 9.80 Å². The molecule has 0 spiro atoms. The zero-order chi connectivity index (χ0) is 16.0. The second-order valence-electron chi connectivity index (χ2n) is 5.04. The zero-order valence-corrected chi connectivity index (χ0v) is 12.8. The van der Waals surface area contributed by atoms with E-state index in [0.717, 1.165) is 34.8 Å². The molecule has 22 heavy (non-hydrogen) atoms. The maximum Gasteiger partial charge on any atom is 0.276 e. The van der Waals surface area contributed by atoms with E-state index in [2.05, 4.69) is 0 Å². The van der Waals surface area contributed by atoms with Gasteiger partial charge in [0.1, 0.15) is 10.1 Å². The number of imide groups is 2. The summed E-state index contributed by atoms with van der Waals surface area (Å²) < 4.78 is 0. The molecule has 0 atom stereocenters. The summed E-state index contributed by atoms with van der Waals surface area (Å²) in [6.45, 7) is 0. The molecule has 0 saturated carbocycles. The fraction of sp³-hybridized carbons (Fsp3) is 0.286. The van der Waals surface area contributed by atoms with Gasteiger partial charge in [-0.15, -0.1) is 0 Å². The molecule has 4 amide bonds. The van der Waals surface area contributed by atoms with Crippen LogP contribution in [0.4, 0.5) is 0 Å². The molecule has 0 aromatic heterocycles. The summed E-state index contributed by atoms with van der Waals surface area (Å²) in [5, 5.41) is -0.365. The van der Waals surface area contributed by atoms with Crippen LogP contribution in [0.2, 0.25) is 0 Å². The molecule has 0 bridgehead atoms. The molecule has 0 saturated heterocycles. The average molecular weight is 341 g/mol. The fourth-order valence-electron chi connectivity index (χ4n) is 2.75. The van der Waals surface area contributed by atoms with Crippen LogP contribution in [0.15, 0.2) is 33.6 Å². The number of carbonyl (C=O) groups excluding carboxylic acids is 4. The molecule has 0 fully saturated rings. The highest BCUT2D eigenvalue weighted by molar-refractivity contribution is 6.47. The molecule has 0 N–H and O–H groups in total. The normalized spacial score (nSPS) is 22.8. The number of carbonyl (C=O) groups is 4. The smallest absolute Gasteiger partial charge is 0.269 e. The highest BCUT2D eigenvalue weighted by atomic mass is 35.5. The van der Waals surface area contributed by atoms with Crippen molar-refractivity contribution in [2.75, 3.05) is 0 Å². The highest BCUT2D eigenvalue weighted by Crippen LogP contribution is 2.35. The van der Waals surface area contributed by atoms with Crippen LogP contribution in [-0.4, -0.2) is 33.4 Å². The molecule has 2 aliphatic heterocycles. The quantitative estimate of drug-likeness (QED) is 0.718. The molecule has 3 rings (SSSR count). The second kappa shape index (κ2) is 5.37. The van der Waals surface area contributed by atoms with Gasteiger partial charge in [0.05, 0.1) is 0 Å². The Morgan fingerprint density at radius 1 is 0.727 bits per heavy atom. The van der Waals surface area contributed by atoms with Crippen LogP contribution in [0, 0.1) is 0 Å². The summed E-state index contributed by atoms with van der Waals surface area (Å²) in [6.07, 6.45) is 4.35. The van der Waals surface area contributed by atoms with Gasteiger partial charge in [0.2, 0.25) is 0 Å². The first-order valence-electron chi connectivity index (χ1n) is 6.65. The first-order valence-corrected chi connectivity index (χ1v) is 7.40. The van der Waals surface area contributed by atoms with Gasteiger partial charge in [0.25, 0.3) is 23.6 Å². The summed E-state index contributed by atoms with van der Waals surface area (Å²) in [7, 11) is 0. The monoisotopic (exact) mass is 340 g/mol. The maximum atomic E-state index is 12.0. The zero-order valence-electron chi connectivity index (χ0n) is 11.3. The third kappa shape index (κ3) is 2.19. The third-order valence-electron chi connectivity index (χ3n) is 3.71. The number of halogens is 2. The van der Waals surface area contributed by atoms with Crippen molar-refractivity contribution in [3.63, 3.8) is 0 Å². The van der Waals surface area contributed by atoms with Crippen LogP contribution in [0.25, 0.3) is 0 Å². The van der Waals surface area contributed by atoms with Gasteiger partial charge in [-0.3, -0.25) is 19.2 Å². The molecule has 0 aromatic rings. The Hall–Kier alpha value is -1.92. The topological polar surface area (TPSA) is 74.8 Å². The molecule has 114 valence electrons. The third-order valence-corrected chi connectivity index (χ3v) is 4.25. The first kappa shape index (κ1) is 15.0. The minimum Gasteiger partial charge on any atom is -0.269 e. The van der Waals surface area contributed by atoms with E-state index in [1.807, 2.05) is 0 Å². The Morgan fingerprint density at radius 3 is 1.36 bits per heavy atom. The Bertz CT molecular complexity index is 660. The van der Waals surface area contributed by atoms with Crippen LogP contribution in [0.1, 0.15) is 25.7 Å². The number of hydrogen-bond donors (Lipinski definition) is 0. The first-order chi connectivity index (χ1) is 10.4. The van der Waals surface area contributed by atoms with Crippen molar-refractivity contribution in [3.05, 3.63) is 33.6 Å². The van der Waals surface area contributed by atoms with Crippen molar-refractivity contribution in [2.45, 2.75) is 25.7 Å². The SMILES string of the molecule is O=C1C=C(Cl)C(=O)N1C1=C(N2C(=O)C=C(Cl)C2=O)CCCC1. The van der Waals surface area contributed by atoms with Crippen molar-refractivity contribution in [3.8, 4) is 0 Å². The van der Waals surface area contributed by atoms with Crippen LogP contribution < -0.4 is 0 Å². The summed E-state index contributed by atoms with van der Waals surface area (Å²) in [5.41, 5.74) is 0.684. The van der Waals surface area contributed by atoms with E-state index in [-0.39, 0.29) is 10.1 Å². The van der Waals surface area contributed by atoms with Crippen molar-refractivity contribution >= 4 is 46.8 Å². The van der Waals surface area contributed by atoms with Crippen molar-refractivity contribution < 1.29 is 19.2 Å². The molecule has 3 aliphatic rings. The lowest BCUT2D eigenvalue weighted by Gasteiger charge is -2.30. The second-order valence-corrected chi connectivity index (χ2v) is 5.86. The average Bonchev–Trinajstić information content (AvgIpc) is 2.87. The molecule has 0 unspecified atom stereocenters. The standard InChI is InChI=1S/C14H10Cl2N2O4/c15-7-5-11(19)17(13(7)21)9-3-1-2-4-10(9)18-12(20)6-8(16)14(18)22/h5-6H,1-4H2. The van der Waals surface area contributed by atoms with Crippen LogP contribution in [-0.2, 0) is 19.2 Å². The summed E-state index contributed by atoms with van der Waals surface area (Å²) in [6, 6.07) is 0. The Labute approximate surface area is 135 Å². The predicted molar refractivity (Wildman–Crippen MR) is 77.1 cm³/mol. The van der Waals surface area contributed by atoms with Gasteiger partial charge < -0.3 is 0 Å². The minimum absolute atomic E-state index is 0.183. The largest absolute Gasteiger partial charge is 0.276 e. The van der Waals surface area contributed by atoms with E-state index in [0.29, 0.717) is 24.2 Å². The number of allylic oxidation sites excluding steroid dienone is 2. The molecule has 0 aromatic carbocycles. The number of amides is 4. The van der Waals surface area contributed by atoms with E-state index in [1.54, 1.807) is 0 Å². The highest BCUT2D eigenvalue weighted by Gasteiger charge is 2.40. The van der Waals surface area contributed by atoms with Crippen molar-refractivity contribution in [2.24, 2.45) is 0 Å². The van der Waals surface area contributed by atoms with E-state index >= 15 is 0 Å². The van der Waals surface area contributed by atoms with Gasteiger partial charge in [-0.1, -0.05) is 23.2 Å². The molecular weight excluding hydrogens is 331 g/mol. The number of rotatable bonds is 2. The van der Waals surface area contributed by atoms with Gasteiger partial charge in [0.15, 0.2) is 0 Å². The van der Waals surface area contributed by atoms with E-state index in [1.165, 1.54) is 0 Å². The van der Waals surface area contributed by atoms with E-state index < -0.39 is 23.6 Å². The summed E-state index contributed by atoms with van der Waals surface area (Å²) >= 11 is 11.4. The van der Waals surface area contributed by atoms with Crippen LogP contribution in [0.3, 0.4) is 0 Å². The van der Waals surface area contributed by atoms with Gasteiger partial charge in [-0.05, 0) is 25.7 Å². The number of nitrogens with zero attached hydrogens (tertiary/aromatic N) is 2. The van der Waals surface area contributed by atoms with Gasteiger partial charge in [-0.25, -0.2) is 9.80 Å². The van der Waals surface area contributed by atoms with Gasteiger partial charge >= 0.3 is 0 Å². The van der Waals surface area contributed by atoms with Gasteiger partial charge in [-0.2, -0.15) is 0 Å². The van der Waals surface area contributed by atoms with E-state index in [4.69, 9.17) is 23.2 Å². The van der Waals surface area contributed by atoms with Crippen LogP contribution in [0.5, 0.6) is 0 Å². The summed E-state index contributed by atoms with van der Waals surface area (Å²) in [5.74, 6) is -2.41. The molecular formula is C14H10Cl2N2O4. The molecule has 2 heterocycles. The lowest BCUT2D eigenvalue weighted by atomic mass is 9.99. The Balaban J connectivity index is 2.05. The molecule has 0 radical (unpaired) electrons. The molecule has 8 heteroatoms. The number of hydrogen-bond acceptors (Lipinski definition) is 4. The van der Waals surface area contributed by atoms with E-state index in [9.17, 15) is 19.2 Å². The maximum absolute atomic E-state index is 12.0. The predicted octanol–water partition coefficient (Wildman–Crippen LogP) is 1.75. The Kier molecular flexibility index (Phi) is 3.66. The minimum atomic E-state index is -0.640. The molecule has 6 nitrogen and oxygen atoms in total. The fourth-order valence-corrected chi connectivity index (χ4v) is 3.11. The lowest BCUT2D eigenvalue weighted by molar-refractivity contribution is -0.138. The molecule has 1 aliphatic carbocycles. The van der Waals surface area contributed by atoms with Crippen LogP contribution >= 0.6 is 23.2 Å². The van der Waals surface area contributed by atoms with Gasteiger partial charge in [0, 0.05) is 23.5 Å². The summed E-state index contributed by atoms with van der Waals surface area (Å²) in [4.78, 5) is 49.9. The van der Waals surface area contributed by atoms with Crippen molar-refractivity contribution in [1.29, 1.82) is 0 Å².